The quantitative estimate of drug-likeness (QED) is 0.875. The molecule has 0 aliphatic carbocycles. The van der Waals surface area contributed by atoms with Crippen molar-refractivity contribution in [3.05, 3.63) is 29.3 Å². The molecule has 0 spiro atoms. The molecule has 1 aromatic carbocycles. The molecular weight excluding hydrogens is 336 g/mol. The molecule has 1 aromatic rings. The summed E-state index contributed by atoms with van der Waals surface area (Å²) in [5.41, 5.74) is 3.10. The van der Waals surface area contributed by atoms with E-state index in [1.165, 1.54) is 11.1 Å². The lowest BCUT2D eigenvalue weighted by molar-refractivity contribution is 0.0224. The highest BCUT2D eigenvalue weighted by atomic mass is 32.2. The third-order valence-electron chi connectivity index (χ3n) is 4.63. The summed E-state index contributed by atoms with van der Waals surface area (Å²) in [5.74, 6) is 1.57. The van der Waals surface area contributed by atoms with Gasteiger partial charge in [-0.2, -0.15) is 0 Å². The second-order valence-corrected chi connectivity index (χ2v) is 9.60. The van der Waals surface area contributed by atoms with Gasteiger partial charge in [0.1, 0.15) is 5.60 Å². The zero-order valence-electron chi connectivity index (χ0n) is 15.3. The lowest BCUT2D eigenvalue weighted by Crippen LogP contribution is -2.39. The Kier molecular flexibility index (Phi) is 5.37. The molecule has 6 heteroatoms. The van der Waals surface area contributed by atoms with Crippen molar-refractivity contribution in [2.75, 3.05) is 23.4 Å². The van der Waals surface area contributed by atoms with E-state index in [0.29, 0.717) is 19.1 Å². The van der Waals surface area contributed by atoms with Crippen molar-refractivity contribution in [2.45, 2.75) is 58.2 Å². The number of anilines is 1. The van der Waals surface area contributed by atoms with E-state index >= 15 is 0 Å². The lowest BCUT2D eigenvalue weighted by Gasteiger charge is -2.32. The van der Waals surface area contributed by atoms with Gasteiger partial charge in [-0.05, 0) is 63.3 Å². The summed E-state index contributed by atoms with van der Waals surface area (Å²) >= 11 is 0. The molecule has 0 saturated carbocycles. The van der Waals surface area contributed by atoms with Crippen LogP contribution in [0.4, 0.5) is 10.5 Å². The van der Waals surface area contributed by atoms with Gasteiger partial charge < -0.3 is 15.0 Å². The average Bonchev–Trinajstić information content (AvgIpc) is 2.55. The monoisotopic (exact) mass is 364 g/mol. The third kappa shape index (κ3) is 4.97. The molecule has 1 amide bonds. The molecule has 2 heterocycles. The average molecular weight is 365 g/mol. The fourth-order valence-electron chi connectivity index (χ4n) is 3.30. The van der Waals surface area contributed by atoms with Crippen LogP contribution in [0.15, 0.2) is 18.2 Å². The maximum absolute atomic E-state index is 12.3. The molecule has 0 unspecified atom stereocenters. The van der Waals surface area contributed by atoms with Gasteiger partial charge in [-0.3, -0.25) is 4.21 Å². The predicted octanol–water partition coefficient (Wildman–Crippen LogP) is 3.30. The molecule has 5 nitrogen and oxygen atoms in total. The van der Waals surface area contributed by atoms with Gasteiger partial charge in [0, 0.05) is 47.1 Å². The van der Waals surface area contributed by atoms with Crippen LogP contribution in [-0.4, -0.2) is 44.9 Å². The minimum Gasteiger partial charge on any atom is -0.444 e. The van der Waals surface area contributed by atoms with E-state index in [-0.39, 0.29) is 6.09 Å². The molecule has 0 atom stereocenters. The number of hydrogen-bond acceptors (Lipinski definition) is 4. The summed E-state index contributed by atoms with van der Waals surface area (Å²) in [4.78, 5) is 14.1. The molecular formula is C19H28N2O3S. The van der Waals surface area contributed by atoms with Gasteiger partial charge in [-0.1, -0.05) is 6.07 Å². The summed E-state index contributed by atoms with van der Waals surface area (Å²) in [6.07, 6.45) is 2.52. The van der Waals surface area contributed by atoms with Crippen LogP contribution in [0.25, 0.3) is 0 Å². The SMILES string of the molecule is CC(C)(C)OC(=O)N1CCc2ccc(NC3CCS(=O)CC3)cc2C1. The number of benzene rings is 1. The van der Waals surface area contributed by atoms with Crippen molar-refractivity contribution >= 4 is 22.6 Å². The van der Waals surface area contributed by atoms with Gasteiger partial charge in [0.2, 0.25) is 0 Å². The number of fused-ring (bicyclic) bond motifs is 1. The number of nitrogens with zero attached hydrogens (tertiary/aromatic N) is 1. The van der Waals surface area contributed by atoms with Crippen LogP contribution in [0.3, 0.4) is 0 Å². The first-order valence-electron chi connectivity index (χ1n) is 9.01. The smallest absolute Gasteiger partial charge is 0.410 e. The maximum Gasteiger partial charge on any atom is 0.410 e. The number of nitrogens with one attached hydrogen (secondary N) is 1. The van der Waals surface area contributed by atoms with E-state index in [9.17, 15) is 9.00 Å². The van der Waals surface area contributed by atoms with Crippen LogP contribution in [0, 0.1) is 0 Å². The predicted molar refractivity (Wildman–Crippen MR) is 101 cm³/mol. The van der Waals surface area contributed by atoms with Crippen LogP contribution >= 0.6 is 0 Å². The van der Waals surface area contributed by atoms with Crippen molar-refractivity contribution in [3.8, 4) is 0 Å². The first kappa shape index (κ1) is 18.2. The first-order valence-corrected chi connectivity index (χ1v) is 10.5. The minimum absolute atomic E-state index is 0.244. The van der Waals surface area contributed by atoms with Crippen LogP contribution in [0.5, 0.6) is 0 Å². The molecule has 1 saturated heterocycles. The van der Waals surface area contributed by atoms with Crippen molar-refractivity contribution in [1.29, 1.82) is 0 Å². The van der Waals surface area contributed by atoms with Crippen LogP contribution in [0.1, 0.15) is 44.7 Å². The first-order chi connectivity index (χ1) is 11.8. The molecule has 1 N–H and O–H groups in total. The van der Waals surface area contributed by atoms with Crippen LogP contribution in [-0.2, 0) is 28.5 Å². The zero-order chi connectivity index (χ0) is 18.0. The van der Waals surface area contributed by atoms with Crippen LogP contribution < -0.4 is 5.32 Å². The van der Waals surface area contributed by atoms with Crippen LogP contribution in [0.2, 0.25) is 0 Å². The number of rotatable bonds is 2. The molecule has 0 radical (unpaired) electrons. The molecule has 25 heavy (non-hydrogen) atoms. The van der Waals surface area contributed by atoms with E-state index in [1.807, 2.05) is 20.8 Å². The van der Waals surface area contributed by atoms with Gasteiger partial charge in [0.25, 0.3) is 0 Å². The van der Waals surface area contributed by atoms with Gasteiger partial charge in [0.15, 0.2) is 0 Å². The summed E-state index contributed by atoms with van der Waals surface area (Å²) in [6.45, 7) is 6.96. The topological polar surface area (TPSA) is 58.6 Å². The van der Waals surface area contributed by atoms with Crippen molar-refractivity contribution in [2.24, 2.45) is 0 Å². The number of ether oxygens (including phenoxy) is 1. The summed E-state index contributed by atoms with van der Waals surface area (Å²) in [5, 5.41) is 3.56. The Labute approximate surface area is 152 Å². The number of amides is 1. The number of hydrogen-bond donors (Lipinski definition) is 1. The van der Waals surface area contributed by atoms with Gasteiger partial charge in [0.05, 0.1) is 0 Å². The molecule has 1 fully saturated rings. The Hall–Kier alpha value is -1.56. The fraction of sp³-hybridized carbons (Fsp3) is 0.632. The maximum atomic E-state index is 12.3. The van der Waals surface area contributed by atoms with Gasteiger partial charge in [-0.25, -0.2) is 4.79 Å². The van der Waals surface area contributed by atoms with E-state index in [2.05, 4.69) is 23.5 Å². The highest BCUT2D eigenvalue weighted by Crippen LogP contribution is 2.25. The van der Waals surface area contributed by atoms with E-state index in [1.54, 1.807) is 4.90 Å². The Bertz CT molecular complexity index is 659. The normalized spacial score (nSPS) is 23.7. The fourth-order valence-corrected chi connectivity index (χ4v) is 4.60. The molecule has 0 aromatic heterocycles. The molecule has 138 valence electrons. The van der Waals surface area contributed by atoms with Crippen molar-refractivity contribution in [1.82, 2.24) is 4.90 Å². The molecule has 2 aliphatic rings. The van der Waals surface area contributed by atoms with E-state index in [0.717, 1.165) is 36.5 Å². The summed E-state index contributed by atoms with van der Waals surface area (Å²) < 4.78 is 17.0. The number of carbonyl (C=O) groups is 1. The van der Waals surface area contributed by atoms with Crippen molar-refractivity contribution < 1.29 is 13.7 Å². The van der Waals surface area contributed by atoms with E-state index in [4.69, 9.17) is 4.74 Å². The third-order valence-corrected chi connectivity index (χ3v) is 6.01. The Balaban J connectivity index is 1.65. The zero-order valence-corrected chi connectivity index (χ0v) is 16.2. The minimum atomic E-state index is -0.638. The Morgan fingerprint density at radius 3 is 2.64 bits per heavy atom. The highest BCUT2D eigenvalue weighted by molar-refractivity contribution is 7.85. The van der Waals surface area contributed by atoms with E-state index < -0.39 is 16.4 Å². The highest BCUT2D eigenvalue weighted by Gasteiger charge is 2.26. The lowest BCUT2D eigenvalue weighted by atomic mass is 9.99. The molecule has 0 bridgehead atoms. The standard InChI is InChI=1S/C19H28N2O3S/c1-19(2,3)24-18(22)21-9-6-14-4-5-17(12-15(14)13-21)20-16-7-10-25(23)11-8-16/h4-5,12,16,20H,6-11,13H2,1-3H3. The second kappa shape index (κ2) is 7.36. The summed E-state index contributed by atoms with van der Waals surface area (Å²) in [6, 6.07) is 6.82. The Morgan fingerprint density at radius 2 is 1.96 bits per heavy atom. The van der Waals surface area contributed by atoms with Crippen molar-refractivity contribution in [3.63, 3.8) is 0 Å². The molecule has 2 aliphatic heterocycles. The largest absolute Gasteiger partial charge is 0.444 e. The second-order valence-electron chi connectivity index (χ2n) is 7.90. The number of carbonyl (C=O) groups excluding carboxylic acids is 1. The molecule has 3 rings (SSSR count). The van der Waals surface area contributed by atoms with Gasteiger partial charge >= 0.3 is 6.09 Å². The van der Waals surface area contributed by atoms with Gasteiger partial charge in [-0.15, -0.1) is 0 Å². The Morgan fingerprint density at radius 1 is 1.24 bits per heavy atom. The summed E-state index contributed by atoms with van der Waals surface area (Å²) in [7, 11) is -0.638.